The number of amides is 1. The second-order valence-corrected chi connectivity index (χ2v) is 11.0. The highest BCUT2D eigenvalue weighted by Gasteiger charge is 2.27. The summed E-state index contributed by atoms with van der Waals surface area (Å²) in [6.07, 6.45) is 0. The molecular formula is C28H26N2O4S2. The highest BCUT2D eigenvalue weighted by Crippen LogP contribution is 2.33. The Kier molecular flexibility index (Phi) is 7.97. The number of anilines is 2. The number of aryl methyl sites for hydroxylation is 1. The van der Waals surface area contributed by atoms with Crippen molar-refractivity contribution in [2.75, 3.05) is 23.3 Å². The van der Waals surface area contributed by atoms with Crippen molar-refractivity contribution in [2.45, 2.75) is 21.6 Å². The van der Waals surface area contributed by atoms with Gasteiger partial charge in [0.2, 0.25) is 5.91 Å². The summed E-state index contributed by atoms with van der Waals surface area (Å²) in [6, 6.07) is 30.4. The molecule has 6 nitrogen and oxygen atoms in total. The molecule has 8 heteroatoms. The maximum Gasteiger partial charge on any atom is 0.264 e. The topological polar surface area (TPSA) is 75.7 Å². The minimum absolute atomic E-state index is 0.108. The van der Waals surface area contributed by atoms with Gasteiger partial charge in [-0.15, -0.1) is 0 Å². The Bertz CT molecular complexity index is 1420. The number of carbonyl (C=O) groups is 1. The molecule has 0 fully saturated rings. The smallest absolute Gasteiger partial charge is 0.264 e. The van der Waals surface area contributed by atoms with E-state index in [1.807, 2.05) is 55.5 Å². The number of carbonyl (C=O) groups excluding carboxylic acids is 1. The fourth-order valence-electron chi connectivity index (χ4n) is 3.50. The predicted molar refractivity (Wildman–Crippen MR) is 144 cm³/mol. The molecule has 0 bridgehead atoms. The van der Waals surface area contributed by atoms with E-state index < -0.39 is 22.5 Å². The zero-order chi connectivity index (χ0) is 25.5. The maximum absolute atomic E-state index is 13.6. The van der Waals surface area contributed by atoms with Gasteiger partial charge in [0.05, 0.1) is 23.4 Å². The summed E-state index contributed by atoms with van der Waals surface area (Å²) in [7, 11) is -2.47. The third kappa shape index (κ3) is 6.08. The predicted octanol–water partition coefficient (Wildman–Crippen LogP) is 5.99. The number of rotatable bonds is 9. The summed E-state index contributed by atoms with van der Waals surface area (Å²) in [5, 5.41) is 2.90. The second-order valence-electron chi connectivity index (χ2n) is 7.98. The van der Waals surface area contributed by atoms with Gasteiger partial charge in [-0.05, 0) is 67.6 Å². The van der Waals surface area contributed by atoms with Crippen LogP contribution >= 0.6 is 11.8 Å². The fourth-order valence-corrected chi connectivity index (χ4v) is 5.84. The van der Waals surface area contributed by atoms with E-state index in [1.54, 1.807) is 54.6 Å². The van der Waals surface area contributed by atoms with Crippen LogP contribution in [0.25, 0.3) is 0 Å². The first-order chi connectivity index (χ1) is 17.4. The van der Waals surface area contributed by atoms with Crippen molar-refractivity contribution in [3.8, 4) is 5.75 Å². The van der Waals surface area contributed by atoms with Gasteiger partial charge in [-0.1, -0.05) is 59.8 Å². The lowest BCUT2D eigenvalue weighted by Crippen LogP contribution is -2.38. The molecule has 0 radical (unpaired) electrons. The van der Waals surface area contributed by atoms with Crippen LogP contribution in [0.5, 0.6) is 5.75 Å². The van der Waals surface area contributed by atoms with Crippen molar-refractivity contribution in [1.82, 2.24) is 0 Å². The van der Waals surface area contributed by atoms with E-state index in [0.717, 1.165) is 19.7 Å². The summed E-state index contributed by atoms with van der Waals surface area (Å²) < 4.78 is 33.5. The molecule has 4 aromatic carbocycles. The molecule has 0 saturated carbocycles. The zero-order valence-electron chi connectivity index (χ0n) is 19.9. The maximum atomic E-state index is 13.6. The minimum atomic E-state index is -4.01. The van der Waals surface area contributed by atoms with E-state index in [4.69, 9.17) is 4.74 Å². The Morgan fingerprint density at radius 1 is 0.861 bits per heavy atom. The number of methoxy groups -OCH3 is 1. The molecule has 0 aliphatic heterocycles. The molecule has 0 saturated heterocycles. The molecule has 0 atom stereocenters. The van der Waals surface area contributed by atoms with Crippen molar-refractivity contribution in [3.05, 3.63) is 109 Å². The quantitative estimate of drug-likeness (QED) is 0.295. The Hall–Kier alpha value is -3.75. The highest BCUT2D eigenvalue weighted by atomic mass is 32.2. The van der Waals surface area contributed by atoms with Gasteiger partial charge in [-0.2, -0.15) is 0 Å². The first-order valence-corrected chi connectivity index (χ1v) is 13.5. The third-order valence-corrected chi connectivity index (χ3v) is 8.26. The monoisotopic (exact) mass is 518 g/mol. The number of nitrogens with zero attached hydrogens (tertiary/aromatic N) is 1. The summed E-state index contributed by atoms with van der Waals surface area (Å²) in [4.78, 5) is 15.2. The van der Waals surface area contributed by atoms with Gasteiger partial charge in [0, 0.05) is 9.79 Å². The minimum Gasteiger partial charge on any atom is -0.497 e. The van der Waals surface area contributed by atoms with Gasteiger partial charge >= 0.3 is 0 Å². The molecule has 184 valence electrons. The molecule has 4 aromatic rings. The Morgan fingerprint density at radius 3 is 2.17 bits per heavy atom. The lowest BCUT2D eigenvalue weighted by atomic mass is 10.2. The summed E-state index contributed by atoms with van der Waals surface area (Å²) in [6.45, 7) is 1.49. The van der Waals surface area contributed by atoms with Crippen molar-refractivity contribution >= 4 is 39.1 Å². The summed E-state index contributed by atoms with van der Waals surface area (Å²) in [5.41, 5.74) is 1.91. The second kappa shape index (κ2) is 11.3. The lowest BCUT2D eigenvalue weighted by Gasteiger charge is -2.24. The van der Waals surface area contributed by atoms with Crippen molar-refractivity contribution in [1.29, 1.82) is 0 Å². The molecule has 0 aliphatic rings. The Morgan fingerprint density at radius 2 is 1.50 bits per heavy atom. The van der Waals surface area contributed by atoms with E-state index in [0.29, 0.717) is 17.1 Å². The van der Waals surface area contributed by atoms with Crippen LogP contribution in [0.15, 0.2) is 118 Å². The van der Waals surface area contributed by atoms with Crippen LogP contribution < -0.4 is 14.4 Å². The zero-order valence-corrected chi connectivity index (χ0v) is 21.6. The van der Waals surface area contributed by atoms with Crippen molar-refractivity contribution in [3.63, 3.8) is 0 Å². The molecule has 0 aromatic heterocycles. The Labute approximate surface area is 216 Å². The van der Waals surface area contributed by atoms with E-state index >= 15 is 0 Å². The van der Waals surface area contributed by atoms with E-state index in [2.05, 4.69) is 5.32 Å². The molecule has 0 heterocycles. The lowest BCUT2D eigenvalue weighted by molar-refractivity contribution is -0.114. The molecular weight excluding hydrogens is 492 g/mol. The number of benzene rings is 4. The number of para-hydroxylation sites is 1. The first kappa shape index (κ1) is 25.3. The standard InChI is InChI=1S/C28H26N2O4S2/c1-21-12-18-25(19-13-21)36(32,33)30(22-14-16-23(34-2)17-15-22)20-28(31)29-26-10-6-7-11-27(26)35-24-8-4-3-5-9-24/h3-19H,20H2,1-2H3,(H,29,31). The SMILES string of the molecule is COc1ccc(N(CC(=O)Nc2ccccc2Sc2ccccc2)S(=O)(=O)c2ccc(C)cc2)cc1. The van der Waals surface area contributed by atoms with E-state index in [1.165, 1.54) is 18.9 Å². The van der Waals surface area contributed by atoms with Gasteiger partial charge in [0.15, 0.2) is 0 Å². The molecule has 0 unspecified atom stereocenters. The Balaban J connectivity index is 1.62. The van der Waals surface area contributed by atoms with Gasteiger partial charge in [-0.25, -0.2) is 8.42 Å². The molecule has 36 heavy (non-hydrogen) atoms. The van der Waals surface area contributed by atoms with Crippen LogP contribution in [-0.2, 0) is 14.8 Å². The van der Waals surface area contributed by atoms with Gasteiger partial charge in [0.25, 0.3) is 10.0 Å². The van der Waals surface area contributed by atoms with E-state index in [9.17, 15) is 13.2 Å². The first-order valence-electron chi connectivity index (χ1n) is 11.2. The van der Waals surface area contributed by atoms with Crippen LogP contribution in [0.1, 0.15) is 5.56 Å². The van der Waals surface area contributed by atoms with Crippen molar-refractivity contribution < 1.29 is 17.9 Å². The number of hydrogen-bond acceptors (Lipinski definition) is 5. The largest absolute Gasteiger partial charge is 0.497 e. The van der Waals surface area contributed by atoms with Crippen LogP contribution in [0, 0.1) is 6.92 Å². The van der Waals surface area contributed by atoms with Crippen LogP contribution in [0.3, 0.4) is 0 Å². The van der Waals surface area contributed by atoms with Crippen molar-refractivity contribution in [2.24, 2.45) is 0 Å². The van der Waals surface area contributed by atoms with E-state index in [-0.39, 0.29) is 4.90 Å². The third-order valence-electron chi connectivity index (χ3n) is 5.39. The fraction of sp³-hybridized carbons (Fsp3) is 0.107. The number of nitrogens with one attached hydrogen (secondary N) is 1. The van der Waals surface area contributed by atoms with Gasteiger partial charge in [-0.3, -0.25) is 9.10 Å². The van der Waals surface area contributed by atoms with Crippen LogP contribution in [0.4, 0.5) is 11.4 Å². The summed E-state index contributed by atoms with van der Waals surface area (Å²) in [5.74, 6) is 0.130. The normalized spacial score (nSPS) is 11.1. The number of hydrogen-bond donors (Lipinski definition) is 1. The number of ether oxygens (including phenoxy) is 1. The molecule has 0 aliphatic carbocycles. The van der Waals surface area contributed by atoms with Crippen LogP contribution in [-0.4, -0.2) is 28.0 Å². The molecule has 1 N–H and O–H groups in total. The molecule has 4 rings (SSSR count). The molecule has 0 spiro atoms. The average molecular weight is 519 g/mol. The highest BCUT2D eigenvalue weighted by molar-refractivity contribution is 7.99. The van der Waals surface area contributed by atoms with Gasteiger partial charge < -0.3 is 10.1 Å². The number of sulfonamides is 1. The summed E-state index contributed by atoms with van der Waals surface area (Å²) >= 11 is 1.52. The van der Waals surface area contributed by atoms with Gasteiger partial charge in [0.1, 0.15) is 12.3 Å². The molecule has 1 amide bonds. The van der Waals surface area contributed by atoms with Crippen LogP contribution in [0.2, 0.25) is 0 Å². The average Bonchev–Trinajstić information content (AvgIpc) is 2.89.